The van der Waals surface area contributed by atoms with Crippen LogP contribution in [0, 0.1) is 0 Å². The molecule has 160 valence electrons. The first kappa shape index (κ1) is 22.7. The molecule has 0 bridgehead atoms. The number of benzene rings is 1. The number of hydrogen-bond acceptors (Lipinski definition) is 6. The highest BCUT2D eigenvalue weighted by molar-refractivity contribution is 5.81. The zero-order chi connectivity index (χ0) is 21.3. The minimum atomic E-state index is -0.456. The van der Waals surface area contributed by atoms with Crippen LogP contribution >= 0.6 is 0 Å². The van der Waals surface area contributed by atoms with E-state index >= 15 is 0 Å². The number of methoxy groups -OCH3 is 1. The summed E-state index contributed by atoms with van der Waals surface area (Å²) in [6.07, 6.45) is 7.28. The molecule has 1 aromatic carbocycles. The Hall–Kier alpha value is -2.54. The predicted molar refractivity (Wildman–Crippen MR) is 114 cm³/mol. The zero-order valence-electron chi connectivity index (χ0n) is 17.9. The summed E-state index contributed by atoms with van der Waals surface area (Å²) in [7, 11) is 1.64. The Morgan fingerprint density at radius 2 is 1.93 bits per heavy atom. The second-order valence-corrected chi connectivity index (χ2v) is 8.09. The number of carbonyl (C=O) groups excluding carboxylic acids is 1. The fourth-order valence-corrected chi connectivity index (χ4v) is 3.13. The van der Waals surface area contributed by atoms with E-state index in [1.54, 1.807) is 12.0 Å². The summed E-state index contributed by atoms with van der Waals surface area (Å²) in [5.41, 5.74) is 1.51. The zero-order valence-corrected chi connectivity index (χ0v) is 17.9. The van der Waals surface area contributed by atoms with Gasteiger partial charge in [-0.3, -0.25) is 4.90 Å². The standard InChI is InChI=1S/C22H33N3O4/c1-22(2,3)29-21(26)25-14-12-24(13-15-25)11-7-5-6-8-18-16-20(28-4)10-9-19(18)17-23-27/h5,7,9-10,16-17,27H,6,8,11-15H2,1-4H3/b7-5+,23-17+. The fraction of sp³-hybridized carbons (Fsp3) is 0.545. The number of piperazine rings is 1. The van der Waals surface area contributed by atoms with Gasteiger partial charge in [-0.05, 0) is 62.9 Å². The normalized spacial score (nSPS) is 15.9. The first-order valence-electron chi connectivity index (χ1n) is 10.0. The van der Waals surface area contributed by atoms with E-state index < -0.39 is 5.60 Å². The number of oxime groups is 1. The third kappa shape index (κ3) is 7.77. The van der Waals surface area contributed by atoms with E-state index in [1.165, 1.54) is 6.21 Å². The van der Waals surface area contributed by atoms with Crippen LogP contribution in [0.15, 0.2) is 35.5 Å². The molecule has 7 heteroatoms. The minimum absolute atomic E-state index is 0.229. The number of nitrogens with zero attached hydrogens (tertiary/aromatic N) is 3. The van der Waals surface area contributed by atoms with Gasteiger partial charge >= 0.3 is 6.09 Å². The van der Waals surface area contributed by atoms with E-state index in [9.17, 15) is 4.79 Å². The molecule has 0 spiro atoms. The van der Waals surface area contributed by atoms with Gasteiger partial charge in [0.25, 0.3) is 0 Å². The number of aryl methyl sites for hydroxylation is 1. The number of rotatable bonds is 7. The predicted octanol–water partition coefficient (Wildman–Crippen LogP) is 3.54. The molecule has 1 heterocycles. The van der Waals surface area contributed by atoms with Crippen LogP contribution in [0.5, 0.6) is 5.75 Å². The first-order chi connectivity index (χ1) is 13.8. The molecule has 7 nitrogen and oxygen atoms in total. The van der Waals surface area contributed by atoms with E-state index in [2.05, 4.69) is 22.2 Å². The summed E-state index contributed by atoms with van der Waals surface area (Å²) in [5, 5.41) is 12.0. The van der Waals surface area contributed by atoms with Gasteiger partial charge in [0.1, 0.15) is 11.4 Å². The Balaban J connectivity index is 1.75. The summed E-state index contributed by atoms with van der Waals surface area (Å²) in [6, 6.07) is 5.72. The molecule has 0 aromatic heterocycles. The molecule has 1 aliphatic rings. The van der Waals surface area contributed by atoms with E-state index in [0.717, 1.165) is 49.4 Å². The number of carbonyl (C=O) groups is 1. The highest BCUT2D eigenvalue weighted by Gasteiger charge is 2.25. The minimum Gasteiger partial charge on any atom is -0.497 e. The Morgan fingerprint density at radius 3 is 2.55 bits per heavy atom. The van der Waals surface area contributed by atoms with Gasteiger partial charge in [0.15, 0.2) is 0 Å². The van der Waals surface area contributed by atoms with Gasteiger partial charge in [-0.1, -0.05) is 17.3 Å². The highest BCUT2D eigenvalue weighted by atomic mass is 16.6. The van der Waals surface area contributed by atoms with Crippen LogP contribution in [0.4, 0.5) is 4.79 Å². The lowest BCUT2D eigenvalue weighted by atomic mass is 10.0. The first-order valence-corrected chi connectivity index (χ1v) is 10.0. The van der Waals surface area contributed by atoms with Crippen molar-refractivity contribution in [1.29, 1.82) is 0 Å². The van der Waals surface area contributed by atoms with Crippen LogP contribution in [0.1, 0.15) is 38.3 Å². The lowest BCUT2D eigenvalue weighted by Crippen LogP contribution is -2.49. The lowest BCUT2D eigenvalue weighted by molar-refractivity contribution is 0.0154. The molecule has 0 unspecified atom stereocenters. The van der Waals surface area contributed by atoms with Crippen molar-refractivity contribution >= 4 is 12.3 Å². The smallest absolute Gasteiger partial charge is 0.410 e. The van der Waals surface area contributed by atoms with Crippen LogP contribution in [0.25, 0.3) is 0 Å². The van der Waals surface area contributed by atoms with Crippen LogP contribution in [-0.2, 0) is 11.2 Å². The van der Waals surface area contributed by atoms with E-state index in [-0.39, 0.29) is 6.09 Å². The Kier molecular flexibility index (Phi) is 8.51. The number of hydrogen-bond donors (Lipinski definition) is 1. The maximum Gasteiger partial charge on any atom is 0.410 e. The van der Waals surface area contributed by atoms with Crippen molar-refractivity contribution in [3.05, 3.63) is 41.5 Å². The van der Waals surface area contributed by atoms with Gasteiger partial charge < -0.3 is 19.6 Å². The van der Waals surface area contributed by atoms with Gasteiger partial charge in [0, 0.05) is 32.7 Å². The van der Waals surface area contributed by atoms with Gasteiger partial charge in [-0.25, -0.2) is 4.79 Å². The fourth-order valence-electron chi connectivity index (χ4n) is 3.13. The summed E-state index contributed by atoms with van der Waals surface area (Å²) < 4.78 is 10.7. The molecule has 1 aromatic rings. The number of amides is 1. The second-order valence-electron chi connectivity index (χ2n) is 8.09. The number of ether oxygens (including phenoxy) is 2. The molecule has 0 aliphatic carbocycles. The van der Waals surface area contributed by atoms with Gasteiger partial charge in [-0.15, -0.1) is 0 Å². The van der Waals surface area contributed by atoms with Crippen molar-refractivity contribution < 1.29 is 19.5 Å². The third-order valence-electron chi connectivity index (χ3n) is 4.68. The molecule has 1 amide bonds. The molecule has 1 N–H and O–H groups in total. The maximum atomic E-state index is 12.1. The molecule has 1 saturated heterocycles. The van der Waals surface area contributed by atoms with Crippen molar-refractivity contribution in [2.24, 2.45) is 5.16 Å². The van der Waals surface area contributed by atoms with E-state index in [4.69, 9.17) is 14.7 Å². The Bertz CT molecular complexity index is 717. The van der Waals surface area contributed by atoms with Crippen LogP contribution in [0.2, 0.25) is 0 Å². The Labute approximate surface area is 173 Å². The van der Waals surface area contributed by atoms with Crippen molar-refractivity contribution in [3.8, 4) is 5.75 Å². The summed E-state index contributed by atoms with van der Waals surface area (Å²) in [4.78, 5) is 16.2. The van der Waals surface area contributed by atoms with Crippen LogP contribution < -0.4 is 4.74 Å². The average molecular weight is 404 g/mol. The molecule has 1 aliphatic heterocycles. The van der Waals surface area contributed by atoms with E-state index in [1.807, 2.05) is 39.0 Å². The largest absolute Gasteiger partial charge is 0.497 e. The molecule has 29 heavy (non-hydrogen) atoms. The molecular formula is C22H33N3O4. The van der Waals surface area contributed by atoms with Gasteiger partial charge in [0.05, 0.1) is 13.3 Å². The number of allylic oxidation sites excluding steroid dienone is 1. The molecule has 1 fully saturated rings. The summed E-state index contributed by atoms with van der Waals surface area (Å²) in [5.74, 6) is 0.793. The summed E-state index contributed by atoms with van der Waals surface area (Å²) >= 11 is 0. The lowest BCUT2D eigenvalue weighted by Gasteiger charge is -2.35. The quantitative estimate of drug-likeness (QED) is 0.326. The monoisotopic (exact) mass is 403 g/mol. The molecule has 2 rings (SSSR count). The maximum absolute atomic E-state index is 12.1. The average Bonchev–Trinajstić information content (AvgIpc) is 2.68. The second kappa shape index (κ2) is 10.9. The van der Waals surface area contributed by atoms with Crippen molar-refractivity contribution in [2.75, 3.05) is 39.8 Å². The van der Waals surface area contributed by atoms with Crippen molar-refractivity contribution in [2.45, 2.75) is 39.2 Å². The molecule has 0 radical (unpaired) electrons. The van der Waals surface area contributed by atoms with Crippen molar-refractivity contribution in [3.63, 3.8) is 0 Å². The topological polar surface area (TPSA) is 74.6 Å². The van der Waals surface area contributed by atoms with Gasteiger partial charge in [-0.2, -0.15) is 0 Å². The van der Waals surface area contributed by atoms with Crippen molar-refractivity contribution in [1.82, 2.24) is 9.80 Å². The van der Waals surface area contributed by atoms with E-state index in [0.29, 0.717) is 13.1 Å². The third-order valence-corrected chi connectivity index (χ3v) is 4.68. The molecule has 0 saturated carbocycles. The Morgan fingerprint density at radius 1 is 1.21 bits per heavy atom. The molecule has 0 atom stereocenters. The van der Waals surface area contributed by atoms with Gasteiger partial charge in [0.2, 0.25) is 0 Å². The van der Waals surface area contributed by atoms with Crippen LogP contribution in [-0.4, -0.2) is 72.7 Å². The van der Waals surface area contributed by atoms with Crippen LogP contribution in [0.3, 0.4) is 0 Å². The highest BCUT2D eigenvalue weighted by Crippen LogP contribution is 2.18. The SMILES string of the molecule is COc1ccc(/C=N/O)c(CC/C=C/CN2CCN(C(=O)OC(C)(C)C)CC2)c1. The molecular weight excluding hydrogens is 370 g/mol. The summed E-state index contributed by atoms with van der Waals surface area (Å²) in [6.45, 7) is 9.59.